The number of hydrogen-bond donors (Lipinski definition) is 1. The van der Waals surface area contributed by atoms with E-state index < -0.39 is 0 Å². The first-order chi connectivity index (χ1) is 14.0. The number of benzene rings is 1. The van der Waals surface area contributed by atoms with Crippen LogP contribution in [0.1, 0.15) is 55.5 Å². The minimum Gasteiger partial charge on any atom is -0.493 e. The van der Waals surface area contributed by atoms with Gasteiger partial charge in [-0.2, -0.15) is 0 Å². The molecule has 1 aliphatic heterocycles. The molecule has 2 rings (SSSR count). The van der Waals surface area contributed by atoms with Crippen LogP contribution >= 0.6 is 0 Å². The number of nitrogens with zero attached hydrogens (tertiary/aromatic N) is 1. The molecule has 1 aromatic rings. The molecule has 1 heterocycles. The van der Waals surface area contributed by atoms with Gasteiger partial charge in [-0.05, 0) is 44.2 Å². The van der Waals surface area contributed by atoms with Crippen molar-refractivity contribution in [3.63, 3.8) is 0 Å². The van der Waals surface area contributed by atoms with E-state index in [2.05, 4.69) is 25.7 Å². The van der Waals surface area contributed by atoms with Crippen molar-refractivity contribution in [2.45, 2.75) is 52.0 Å². The van der Waals surface area contributed by atoms with Crippen LogP contribution in [0.15, 0.2) is 24.8 Å². The number of nitrogens with one attached hydrogen (secondary N) is 1. The SMILES string of the molecule is C=CCc1cc(C(=O)NC2CCN(C(=O)C(CC)CC)CC2)cc(OC)c1OC. The summed E-state index contributed by atoms with van der Waals surface area (Å²) in [5.41, 5.74) is 1.40. The maximum absolute atomic E-state index is 12.8. The van der Waals surface area contributed by atoms with Crippen LogP contribution in [-0.4, -0.2) is 50.1 Å². The van der Waals surface area contributed by atoms with Crippen LogP contribution in [0.2, 0.25) is 0 Å². The van der Waals surface area contributed by atoms with E-state index in [0.29, 0.717) is 36.6 Å². The molecule has 29 heavy (non-hydrogen) atoms. The molecule has 1 aliphatic rings. The number of rotatable bonds is 9. The van der Waals surface area contributed by atoms with Gasteiger partial charge in [0.1, 0.15) is 0 Å². The zero-order valence-electron chi connectivity index (χ0n) is 18.1. The molecule has 6 nitrogen and oxygen atoms in total. The largest absolute Gasteiger partial charge is 0.493 e. The fourth-order valence-corrected chi connectivity index (χ4v) is 3.89. The summed E-state index contributed by atoms with van der Waals surface area (Å²) in [6.45, 7) is 9.27. The number of likely N-dealkylation sites (tertiary alicyclic amines) is 1. The molecule has 0 aliphatic carbocycles. The number of amides is 2. The van der Waals surface area contributed by atoms with Gasteiger partial charge in [0.15, 0.2) is 11.5 Å². The molecule has 0 radical (unpaired) electrons. The topological polar surface area (TPSA) is 67.9 Å². The van der Waals surface area contributed by atoms with E-state index in [0.717, 1.165) is 31.2 Å². The average molecular weight is 403 g/mol. The van der Waals surface area contributed by atoms with Crippen molar-refractivity contribution in [2.24, 2.45) is 5.92 Å². The van der Waals surface area contributed by atoms with Gasteiger partial charge in [0, 0.05) is 36.2 Å². The first-order valence-corrected chi connectivity index (χ1v) is 10.4. The van der Waals surface area contributed by atoms with Gasteiger partial charge in [-0.15, -0.1) is 6.58 Å². The normalized spacial score (nSPS) is 14.6. The molecule has 160 valence electrons. The number of ether oxygens (including phenoxy) is 2. The second-order valence-corrected chi connectivity index (χ2v) is 7.45. The highest BCUT2D eigenvalue weighted by Crippen LogP contribution is 2.33. The fraction of sp³-hybridized carbons (Fsp3) is 0.565. The summed E-state index contributed by atoms with van der Waals surface area (Å²) in [7, 11) is 3.14. The number of piperidine rings is 1. The van der Waals surface area contributed by atoms with E-state index in [4.69, 9.17) is 9.47 Å². The van der Waals surface area contributed by atoms with Gasteiger partial charge >= 0.3 is 0 Å². The number of hydrogen-bond acceptors (Lipinski definition) is 4. The van der Waals surface area contributed by atoms with Gasteiger partial charge in [-0.3, -0.25) is 9.59 Å². The van der Waals surface area contributed by atoms with Crippen molar-refractivity contribution in [1.29, 1.82) is 0 Å². The average Bonchev–Trinajstić information content (AvgIpc) is 2.74. The third-order valence-electron chi connectivity index (χ3n) is 5.66. The van der Waals surface area contributed by atoms with Crippen LogP contribution in [-0.2, 0) is 11.2 Å². The first-order valence-electron chi connectivity index (χ1n) is 10.4. The van der Waals surface area contributed by atoms with Gasteiger partial charge in [0.25, 0.3) is 5.91 Å². The van der Waals surface area contributed by atoms with Crippen LogP contribution in [0.4, 0.5) is 0 Å². The van der Waals surface area contributed by atoms with E-state index in [1.165, 1.54) is 0 Å². The highest BCUT2D eigenvalue weighted by atomic mass is 16.5. The van der Waals surface area contributed by atoms with Gasteiger partial charge in [0.05, 0.1) is 14.2 Å². The Bertz CT molecular complexity index is 720. The number of carbonyl (C=O) groups is 2. The van der Waals surface area contributed by atoms with Gasteiger partial charge in [-0.1, -0.05) is 19.9 Å². The number of methoxy groups -OCH3 is 2. The van der Waals surface area contributed by atoms with Crippen LogP contribution in [0.3, 0.4) is 0 Å². The van der Waals surface area contributed by atoms with E-state index >= 15 is 0 Å². The van der Waals surface area contributed by atoms with Crippen LogP contribution < -0.4 is 14.8 Å². The molecule has 0 saturated carbocycles. The molecule has 0 bridgehead atoms. The lowest BCUT2D eigenvalue weighted by atomic mass is 9.98. The molecule has 1 fully saturated rings. The zero-order valence-corrected chi connectivity index (χ0v) is 18.1. The Morgan fingerprint density at radius 2 is 1.86 bits per heavy atom. The Morgan fingerprint density at radius 1 is 1.21 bits per heavy atom. The van der Waals surface area contributed by atoms with E-state index in [-0.39, 0.29) is 23.8 Å². The number of carbonyl (C=O) groups excluding carboxylic acids is 2. The Balaban J connectivity index is 2.03. The predicted molar refractivity (Wildman–Crippen MR) is 115 cm³/mol. The summed E-state index contributed by atoms with van der Waals surface area (Å²) in [5.74, 6) is 1.37. The Labute approximate surface area is 174 Å². The Kier molecular flexibility index (Phi) is 8.55. The third kappa shape index (κ3) is 5.52. The predicted octanol–water partition coefficient (Wildman–Crippen LogP) is 3.59. The fourth-order valence-electron chi connectivity index (χ4n) is 3.89. The minimum absolute atomic E-state index is 0.0594. The van der Waals surface area contributed by atoms with Gasteiger partial charge < -0.3 is 19.7 Å². The Hall–Kier alpha value is -2.50. The summed E-state index contributed by atoms with van der Waals surface area (Å²) >= 11 is 0. The second kappa shape index (κ2) is 10.9. The third-order valence-corrected chi connectivity index (χ3v) is 5.66. The standard InChI is InChI=1S/C23H34N2O4/c1-6-9-17-14-18(15-20(28-4)21(17)29-5)22(26)24-19-10-12-25(13-11-19)23(27)16(7-2)8-3/h6,14-16,19H,1,7-13H2,2-5H3,(H,24,26). The quantitative estimate of drug-likeness (QED) is 0.641. The number of allylic oxidation sites excluding steroid dienone is 1. The van der Waals surface area contributed by atoms with E-state index in [1.807, 2.05) is 11.0 Å². The molecule has 2 amide bonds. The maximum atomic E-state index is 12.8. The molecule has 0 spiro atoms. The Morgan fingerprint density at radius 3 is 2.38 bits per heavy atom. The van der Waals surface area contributed by atoms with Crippen LogP contribution in [0, 0.1) is 5.92 Å². The smallest absolute Gasteiger partial charge is 0.251 e. The van der Waals surface area contributed by atoms with Gasteiger partial charge in [0.2, 0.25) is 5.91 Å². The molecule has 0 atom stereocenters. The summed E-state index contributed by atoms with van der Waals surface area (Å²) in [6, 6.07) is 3.58. The second-order valence-electron chi connectivity index (χ2n) is 7.45. The maximum Gasteiger partial charge on any atom is 0.251 e. The molecule has 0 aromatic heterocycles. The highest BCUT2D eigenvalue weighted by molar-refractivity contribution is 5.95. The van der Waals surface area contributed by atoms with Gasteiger partial charge in [-0.25, -0.2) is 0 Å². The molecular formula is C23H34N2O4. The monoisotopic (exact) mass is 402 g/mol. The molecule has 1 N–H and O–H groups in total. The first kappa shape index (κ1) is 22.8. The van der Waals surface area contributed by atoms with Crippen molar-refractivity contribution in [1.82, 2.24) is 10.2 Å². The van der Waals surface area contributed by atoms with Crippen molar-refractivity contribution in [3.8, 4) is 11.5 Å². The molecule has 6 heteroatoms. The summed E-state index contributed by atoms with van der Waals surface area (Å²) in [5, 5.41) is 3.11. The van der Waals surface area contributed by atoms with Crippen molar-refractivity contribution in [2.75, 3.05) is 27.3 Å². The van der Waals surface area contributed by atoms with Crippen LogP contribution in [0.25, 0.3) is 0 Å². The molecule has 0 unspecified atom stereocenters. The lowest BCUT2D eigenvalue weighted by Gasteiger charge is -2.34. The molecule has 1 saturated heterocycles. The van der Waals surface area contributed by atoms with Crippen molar-refractivity contribution < 1.29 is 19.1 Å². The van der Waals surface area contributed by atoms with Crippen molar-refractivity contribution in [3.05, 3.63) is 35.9 Å². The van der Waals surface area contributed by atoms with Crippen molar-refractivity contribution >= 4 is 11.8 Å². The summed E-state index contributed by atoms with van der Waals surface area (Å²) in [4.78, 5) is 27.3. The van der Waals surface area contributed by atoms with E-state index in [9.17, 15) is 9.59 Å². The minimum atomic E-state index is -0.138. The zero-order chi connectivity index (χ0) is 21.4. The molecular weight excluding hydrogens is 368 g/mol. The van der Waals surface area contributed by atoms with Crippen LogP contribution in [0.5, 0.6) is 11.5 Å². The molecule has 1 aromatic carbocycles. The van der Waals surface area contributed by atoms with E-state index in [1.54, 1.807) is 26.4 Å². The lowest BCUT2D eigenvalue weighted by Crippen LogP contribution is -2.48. The highest BCUT2D eigenvalue weighted by Gasteiger charge is 2.27. The summed E-state index contributed by atoms with van der Waals surface area (Å²) < 4.78 is 10.8. The lowest BCUT2D eigenvalue weighted by molar-refractivity contribution is -0.136. The summed E-state index contributed by atoms with van der Waals surface area (Å²) in [6.07, 6.45) is 5.63.